The number of anilines is 1. The highest BCUT2D eigenvalue weighted by Crippen LogP contribution is 2.47. The van der Waals surface area contributed by atoms with Gasteiger partial charge in [-0.1, -0.05) is 13.0 Å². The van der Waals surface area contributed by atoms with E-state index in [9.17, 15) is 13.2 Å². The van der Waals surface area contributed by atoms with E-state index in [2.05, 4.69) is 15.4 Å². The van der Waals surface area contributed by atoms with Gasteiger partial charge in [0.05, 0.1) is 11.1 Å². The van der Waals surface area contributed by atoms with Crippen molar-refractivity contribution in [3.05, 3.63) is 66.7 Å². The van der Waals surface area contributed by atoms with Crippen molar-refractivity contribution in [3.63, 3.8) is 0 Å². The van der Waals surface area contributed by atoms with E-state index in [-0.39, 0.29) is 27.5 Å². The maximum atomic E-state index is 12.8. The first-order chi connectivity index (χ1) is 14.0. The minimum atomic E-state index is -3.63. The quantitative estimate of drug-likeness (QED) is 0.645. The van der Waals surface area contributed by atoms with Crippen molar-refractivity contribution in [2.24, 2.45) is 5.92 Å². The van der Waals surface area contributed by atoms with Gasteiger partial charge in [-0.15, -0.1) is 0 Å². The van der Waals surface area contributed by atoms with Gasteiger partial charge in [-0.2, -0.15) is 5.10 Å². The SMILES string of the molecule is CCCn1cc(S(=O)(=O)c2ccc(NC(=O)C3CC3c3cccnc3)cc2)cn1. The number of carbonyl (C=O) groups is 1. The van der Waals surface area contributed by atoms with Crippen LogP contribution in [0, 0.1) is 5.92 Å². The molecule has 8 heteroatoms. The molecule has 1 aliphatic carbocycles. The average Bonchev–Trinajstić information content (AvgIpc) is 3.40. The minimum absolute atomic E-state index is 0.0599. The van der Waals surface area contributed by atoms with Gasteiger partial charge in [0.2, 0.25) is 15.7 Å². The Hall–Kier alpha value is -3.00. The van der Waals surface area contributed by atoms with Gasteiger partial charge in [0.25, 0.3) is 0 Å². The van der Waals surface area contributed by atoms with Crippen molar-refractivity contribution in [1.29, 1.82) is 0 Å². The summed E-state index contributed by atoms with van der Waals surface area (Å²) in [5.74, 6) is 0.0605. The highest BCUT2D eigenvalue weighted by atomic mass is 32.2. The summed E-state index contributed by atoms with van der Waals surface area (Å²) in [4.78, 5) is 16.9. The van der Waals surface area contributed by atoms with Crippen LogP contribution in [0.15, 0.2) is 71.0 Å². The molecule has 2 atom stereocenters. The smallest absolute Gasteiger partial charge is 0.228 e. The molecule has 0 bridgehead atoms. The summed E-state index contributed by atoms with van der Waals surface area (Å²) in [6, 6.07) is 10.1. The molecule has 1 aliphatic rings. The number of nitrogens with zero attached hydrogens (tertiary/aromatic N) is 3. The number of benzene rings is 1. The number of nitrogens with one attached hydrogen (secondary N) is 1. The molecule has 2 unspecified atom stereocenters. The molecule has 1 N–H and O–H groups in total. The zero-order valence-corrected chi connectivity index (χ0v) is 16.8. The summed E-state index contributed by atoms with van der Waals surface area (Å²) in [6.07, 6.45) is 8.09. The number of amides is 1. The molecule has 0 aliphatic heterocycles. The second-order valence-corrected chi connectivity index (χ2v) is 9.14. The van der Waals surface area contributed by atoms with Gasteiger partial charge in [-0.05, 0) is 54.7 Å². The van der Waals surface area contributed by atoms with Gasteiger partial charge >= 0.3 is 0 Å². The lowest BCUT2D eigenvalue weighted by molar-refractivity contribution is -0.117. The summed E-state index contributed by atoms with van der Waals surface area (Å²) >= 11 is 0. The summed E-state index contributed by atoms with van der Waals surface area (Å²) < 4.78 is 27.1. The first-order valence-corrected chi connectivity index (χ1v) is 11.1. The predicted molar refractivity (Wildman–Crippen MR) is 108 cm³/mol. The first-order valence-electron chi connectivity index (χ1n) is 9.57. The van der Waals surface area contributed by atoms with Crippen molar-refractivity contribution < 1.29 is 13.2 Å². The van der Waals surface area contributed by atoms with Crippen LogP contribution >= 0.6 is 0 Å². The Kier molecular flexibility index (Phi) is 5.19. The molecular formula is C21H22N4O3S. The number of sulfone groups is 1. The van der Waals surface area contributed by atoms with Crippen LogP contribution in [0.2, 0.25) is 0 Å². The Morgan fingerprint density at radius 3 is 2.66 bits per heavy atom. The van der Waals surface area contributed by atoms with Crippen LogP contribution in [0.25, 0.3) is 0 Å². The second-order valence-electron chi connectivity index (χ2n) is 7.19. The number of hydrogen-bond acceptors (Lipinski definition) is 5. The average molecular weight is 410 g/mol. The Morgan fingerprint density at radius 1 is 1.17 bits per heavy atom. The zero-order chi connectivity index (χ0) is 20.4. The van der Waals surface area contributed by atoms with Crippen LogP contribution in [-0.2, 0) is 21.2 Å². The van der Waals surface area contributed by atoms with Gasteiger partial charge in [-0.25, -0.2) is 8.42 Å². The van der Waals surface area contributed by atoms with Gasteiger partial charge in [0, 0.05) is 36.7 Å². The molecule has 29 heavy (non-hydrogen) atoms. The third kappa shape index (κ3) is 4.07. The molecule has 4 rings (SSSR count). The summed E-state index contributed by atoms with van der Waals surface area (Å²) in [7, 11) is -3.63. The predicted octanol–water partition coefficient (Wildman–Crippen LogP) is 3.26. The lowest BCUT2D eigenvalue weighted by Crippen LogP contribution is -2.14. The largest absolute Gasteiger partial charge is 0.326 e. The molecule has 2 aromatic heterocycles. The summed E-state index contributed by atoms with van der Waals surface area (Å²) in [5.41, 5.74) is 1.64. The van der Waals surface area contributed by atoms with E-state index in [0.717, 1.165) is 18.4 Å². The molecule has 7 nitrogen and oxygen atoms in total. The van der Waals surface area contributed by atoms with E-state index in [0.29, 0.717) is 12.2 Å². The van der Waals surface area contributed by atoms with Crippen molar-refractivity contribution in [3.8, 4) is 0 Å². The van der Waals surface area contributed by atoms with E-state index in [1.807, 2.05) is 19.1 Å². The first kappa shape index (κ1) is 19.3. The molecule has 2 heterocycles. The number of rotatable bonds is 7. The van der Waals surface area contributed by atoms with E-state index < -0.39 is 9.84 Å². The van der Waals surface area contributed by atoms with E-state index in [1.54, 1.807) is 35.4 Å². The summed E-state index contributed by atoms with van der Waals surface area (Å²) in [5, 5.41) is 6.96. The fourth-order valence-corrected chi connectivity index (χ4v) is 4.58. The normalized spacial score (nSPS) is 18.4. The second kappa shape index (κ2) is 7.79. The Morgan fingerprint density at radius 2 is 1.97 bits per heavy atom. The van der Waals surface area contributed by atoms with Crippen molar-refractivity contribution >= 4 is 21.4 Å². The van der Waals surface area contributed by atoms with Gasteiger partial charge in [0.1, 0.15) is 4.90 Å². The van der Waals surface area contributed by atoms with Crippen LogP contribution in [0.4, 0.5) is 5.69 Å². The maximum absolute atomic E-state index is 12.8. The topological polar surface area (TPSA) is 94.0 Å². The molecule has 0 radical (unpaired) electrons. The summed E-state index contributed by atoms with van der Waals surface area (Å²) in [6.45, 7) is 2.67. The number of pyridine rings is 1. The fraction of sp³-hybridized carbons (Fsp3) is 0.286. The third-order valence-electron chi connectivity index (χ3n) is 5.04. The Balaban J connectivity index is 1.42. The van der Waals surface area contributed by atoms with Crippen LogP contribution in [0.3, 0.4) is 0 Å². The van der Waals surface area contributed by atoms with Crippen LogP contribution in [0.5, 0.6) is 0 Å². The zero-order valence-electron chi connectivity index (χ0n) is 16.0. The van der Waals surface area contributed by atoms with Crippen molar-refractivity contribution in [2.45, 2.75) is 42.0 Å². The lowest BCUT2D eigenvalue weighted by atomic mass is 10.1. The molecule has 1 amide bonds. The highest BCUT2D eigenvalue weighted by molar-refractivity contribution is 7.91. The van der Waals surface area contributed by atoms with Gasteiger partial charge < -0.3 is 5.32 Å². The van der Waals surface area contributed by atoms with Crippen molar-refractivity contribution in [2.75, 3.05) is 5.32 Å². The lowest BCUT2D eigenvalue weighted by Gasteiger charge is -2.07. The van der Waals surface area contributed by atoms with E-state index in [4.69, 9.17) is 0 Å². The van der Waals surface area contributed by atoms with Crippen LogP contribution in [0.1, 0.15) is 31.2 Å². The third-order valence-corrected chi connectivity index (χ3v) is 6.77. The molecule has 150 valence electrons. The molecule has 1 fully saturated rings. The Labute approximate surface area is 169 Å². The minimum Gasteiger partial charge on any atom is -0.326 e. The monoisotopic (exact) mass is 410 g/mol. The molecule has 0 saturated heterocycles. The number of hydrogen-bond donors (Lipinski definition) is 1. The van der Waals surface area contributed by atoms with Crippen LogP contribution < -0.4 is 5.32 Å². The van der Waals surface area contributed by atoms with Gasteiger partial charge in [0.15, 0.2) is 0 Å². The molecule has 1 saturated carbocycles. The number of carbonyl (C=O) groups excluding carboxylic acids is 1. The van der Waals surface area contributed by atoms with E-state index in [1.165, 1.54) is 18.3 Å². The Bertz CT molecular complexity index is 1110. The number of aryl methyl sites for hydroxylation is 1. The molecule has 3 aromatic rings. The maximum Gasteiger partial charge on any atom is 0.228 e. The standard InChI is InChI=1S/C21H22N4O3S/c1-2-10-25-14-18(13-23-25)29(27,28)17-7-5-16(6-8-17)24-21(26)20-11-19(20)15-4-3-9-22-12-15/h3-9,12-14,19-20H,2,10-11H2,1H3,(H,24,26). The van der Waals surface area contributed by atoms with Crippen LogP contribution in [-0.4, -0.2) is 29.1 Å². The molecule has 0 spiro atoms. The van der Waals surface area contributed by atoms with Gasteiger partial charge in [-0.3, -0.25) is 14.5 Å². The highest BCUT2D eigenvalue weighted by Gasteiger charge is 2.44. The fourth-order valence-electron chi connectivity index (χ4n) is 3.37. The van der Waals surface area contributed by atoms with E-state index >= 15 is 0 Å². The molecular weight excluding hydrogens is 388 g/mol. The van der Waals surface area contributed by atoms with Crippen molar-refractivity contribution in [1.82, 2.24) is 14.8 Å². The number of aromatic nitrogens is 3. The molecule has 1 aromatic carbocycles.